The number of hydrogen-bond donors (Lipinski definition) is 2. The number of aromatic hydroxyl groups is 1. The summed E-state index contributed by atoms with van der Waals surface area (Å²) >= 11 is 3.14. The zero-order valence-corrected chi connectivity index (χ0v) is 11.9. The van der Waals surface area contributed by atoms with E-state index in [1.54, 1.807) is 18.2 Å². The van der Waals surface area contributed by atoms with E-state index in [-0.39, 0.29) is 10.6 Å². The highest BCUT2D eigenvalue weighted by Crippen LogP contribution is 2.25. The molecule has 0 saturated heterocycles. The fourth-order valence-electron chi connectivity index (χ4n) is 1.44. The van der Waals surface area contributed by atoms with E-state index in [4.69, 9.17) is 5.11 Å². The maximum Gasteiger partial charge on any atom is 0.263 e. The number of hydrogen-bond acceptors (Lipinski definition) is 3. The lowest BCUT2D eigenvalue weighted by atomic mass is 10.3. The minimum Gasteiger partial charge on any atom is -0.505 e. The Labute approximate surface area is 118 Å². The maximum absolute atomic E-state index is 13.1. The Bertz CT molecular complexity index is 719. The van der Waals surface area contributed by atoms with Crippen LogP contribution in [0.25, 0.3) is 0 Å². The lowest BCUT2D eigenvalue weighted by molar-refractivity contribution is 0.432. The van der Waals surface area contributed by atoms with E-state index in [0.29, 0.717) is 4.47 Å². The second kappa shape index (κ2) is 5.18. The number of benzene rings is 2. The van der Waals surface area contributed by atoms with Crippen LogP contribution in [-0.2, 0) is 10.0 Å². The third-order valence-corrected chi connectivity index (χ3v) is 4.72. The van der Waals surface area contributed by atoms with Crippen molar-refractivity contribution < 1.29 is 17.9 Å². The molecule has 4 nitrogen and oxygen atoms in total. The van der Waals surface area contributed by atoms with Gasteiger partial charge in [0.2, 0.25) is 0 Å². The van der Waals surface area contributed by atoms with Crippen LogP contribution < -0.4 is 4.72 Å². The Morgan fingerprint density at radius 3 is 2.47 bits per heavy atom. The molecule has 0 amide bonds. The Hall–Kier alpha value is -1.60. The minimum absolute atomic E-state index is 0.0334. The third kappa shape index (κ3) is 3.05. The average molecular weight is 346 g/mol. The SMILES string of the molecule is O=S(=O)(Nc1ccc(O)c(F)c1)c1ccccc1Br. The molecule has 0 aliphatic rings. The van der Waals surface area contributed by atoms with Gasteiger partial charge in [-0.25, -0.2) is 12.8 Å². The summed E-state index contributed by atoms with van der Waals surface area (Å²) in [7, 11) is -3.82. The smallest absolute Gasteiger partial charge is 0.263 e. The number of halogens is 2. The van der Waals surface area contributed by atoms with Gasteiger partial charge < -0.3 is 5.11 Å². The van der Waals surface area contributed by atoms with E-state index in [2.05, 4.69) is 20.7 Å². The number of nitrogens with one attached hydrogen (secondary N) is 1. The van der Waals surface area contributed by atoms with Crippen LogP contribution in [-0.4, -0.2) is 13.5 Å². The van der Waals surface area contributed by atoms with E-state index in [1.165, 1.54) is 12.1 Å². The van der Waals surface area contributed by atoms with Crippen LogP contribution in [0.1, 0.15) is 0 Å². The number of sulfonamides is 1. The van der Waals surface area contributed by atoms with Crippen molar-refractivity contribution >= 4 is 31.6 Å². The second-order valence-electron chi connectivity index (χ2n) is 3.70. The molecule has 0 spiro atoms. The van der Waals surface area contributed by atoms with Gasteiger partial charge in [-0.2, -0.15) is 0 Å². The molecular formula is C12H9BrFNO3S. The first-order chi connectivity index (χ1) is 8.90. The number of anilines is 1. The highest BCUT2D eigenvalue weighted by molar-refractivity contribution is 9.10. The fraction of sp³-hybridized carbons (Fsp3) is 0. The predicted molar refractivity (Wildman–Crippen MR) is 73.0 cm³/mol. The molecule has 2 aromatic carbocycles. The Kier molecular flexibility index (Phi) is 3.77. The molecule has 19 heavy (non-hydrogen) atoms. The van der Waals surface area contributed by atoms with Crippen LogP contribution in [0.4, 0.5) is 10.1 Å². The molecule has 2 rings (SSSR count). The van der Waals surface area contributed by atoms with Crippen molar-refractivity contribution in [2.24, 2.45) is 0 Å². The van der Waals surface area contributed by atoms with Gasteiger partial charge in [-0.3, -0.25) is 4.72 Å². The molecule has 0 saturated carbocycles. The summed E-state index contributed by atoms with van der Waals surface area (Å²) in [5.41, 5.74) is 0.0334. The van der Waals surface area contributed by atoms with E-state index in [1.807, 2.05) is 0 Å². The maximum atomic E-state index is 13.1. The second-order valence-corrected chi connectivity index (χ2v) is 6.21. The summed E-state index contributed by atoms with van der Waals surface area (Å²) in [5, 5.41) is 9.04. The van der Waals surface area contributed by atoms with Gasteiger partial charge in [0.15, 0.2) is 11.6 Å². The van der Waals surface area contributed by atoms with Crippen LogP contribution in [0.15, 0.2) is 51.8 Å². The van der Waals surface area contributed by atoms with Crippen LogP contribution in [0, 0.1) is 5.82 Å². The largest absolute Gasteiger partial charge is 0.505 e. The number of phenolic OH excluding ortho intramolecular Hbond substituents is 1. The average Bonchev–Trinajstić information content (AvgIpc) is 2.34. The molecule has 7 heteroatoms. The molecule has 0 fully saturated rings. The van der Waals surface area contributed by atoms with Gasteiger partial charge >= 0.3 is 0 Å². The Morgan fingerprint density at radius 1 is 1.16 bits per heavy atom. The van der Waals surface area contributed by atoms with Gasteiger partial charge in [-0.1, -0.05) is 12.1 Å². The monoisotopic (exact) mass is 345 g/mol. The summed E-state index contributed by atoms with van der Waals surface area (Å²) in [4.78, 5) is 0.0449. The van der Waals surface area contributed by atoms with E-state index >= 15 is 0 Å². The molecule has 0 atom stereocenters. The first-order valence-electron chi connectivity index (χ1n) is 5.16. The van der Waals surface area contributed by atoms with E-state index < -0.39 is 21.6 Å². The van der Waals surface area contributed by atoms with Crippen LogP contribution in [0.5, 0.6) is 5.75 Å². The van der Waals surface area contributed by atoms with Gasteiger partial charge in [0.05, 0.1) is 5.69 Å². The van der Waals surface area contributed by atoms with Gasteiger partial charge in [0, 0.05) is 10.5 Å². The Balaban J connectivity index is 2.37. The zero-order chi connectivity index (χ0) is 14.0. The zero-order valence-electron chi connectivity index (χ0n) is 9.47. The highest BCUT2D eigenvalue weighted by Gasteiger charge is 2.17. The normalized spacial score (nSPS) is 11.3. The van der Waals surface area contributed by atoms with Gasteiger partial charge in [0.25, 0.3) is 10.0 Å². The van der Waals surface area contributed by atoms with E-state index in [0.717, 1.165) is 12.1 Å². The fourth-order valence-corrected chi connectivity index (χ4v) is 3.50. The van der Waals surface area contributed by atoms with Crippen LogP contribution in [0.2, 0.25) is 0 Å². The molecule has 100 valence electrons. The first-order valence-corrected chi connectivity index (χ1v) is 7.43. The highest BCUT2D eigenvalue weighted by atomic mass is 79.9. The van der Waals surface area contributed by atoms with Crippen LogP contribution >= 0.6 is 15.9 Å². The lowest BCUT2D eigenvalue weighted by Gasteiger charge is -2.09. The molecule has 2 aromatic rings. The van der Waals surface area contributed by atoms with Crippen LogP contribution in [0.3, 0.4) is 0 Å². The molecule has 0 radical (unpaired) electrons. The standard InChI is InChI=1S/C12H9BrFNO3S/c13-9-3-1-2-4-12(9)19(17,18)15-8-5-6-11(16)10(14)7-8/h1-7,15-16H. The van der Waals surface area contributed by atoms with Gasteiger partial charge in [-0.05, 0) is 40.2 Å². The van der Waals surface area contributed by atoms with Gasteiger partial charge in [0.1, 0.15) is 4.90 Å². The summed E-state index contributed by atoms with van der Waals surface area (Å²) in [5.74, 6) is -1.43. The molecule has 2 N–H and O–H groups in total. The van der Waals surface area contributed by atoms with Gasteiger partial charge in [-0.15, -0.1) is 0 Å². The number of rotatable bonds is 3. The summed E-state index contributed by atoms with van der Waals surface area (Å²) in [6.07, 6.45) is 0. The van der Waals surface area contributed by atoms with Crippen molar-refractivity contribution in [1.29, 1.82) is 0 Å². The van der Waals surface area contributed by atoms with Crippen molar-refractivity contribution in [1.82, 2.24) is 0 Å². The summed E-state index contributed by atoms with van der Waals surface area (Å²) in [6, 6.07) is 9.53. The van der Waals surface area contributed by atoms with Crippen molar-refractivity contribution in [3.05, 3.63) is 52.8 Å². The van der Waals surface area contributed by atoms with Crippen molar-refractivity contribution in [2.75, 3.05) is 4.72 Å². The Morgan fingerprint density at radius 2 is 1.84 bits per heavy atom. The van der Waals surface area contributed by atoms with Crippen molar-refractivity contribution in [2.45, 2.75) is 4.90 Å². The quantitative estimate of drug-likeness (QED) is 0.840. The lowest BCUT2D eigenvalue weighted by Crippen LogP contribution is -2.13. The molecule has 0 unspecified atom stereocenters. The number of phenols is 1. The molecule has 0 aliphatic heterocycles. The third-order valence-electron chi connectivity index (χ3n) is 2.33. The van der Waals surface area contributed by atoms with Crippen molar-refractivity contribution in [3.63, 3.8) is 0 Å². The van der Waals surface area contributed by atoms with Crippen molar-refractivity contribution in [3.8, 4) is 5.75 Å². The molecular weight excluding hydrogens is 337 g/mol. The predicted octanol–water partition coefficient (Wildman–Crippen LogP) is 3.09. The molecule has 0 aliphatic carbocycles. The van der Waals surface area contributed by atoms with E-state index in [9.17, 15) is 12.8 Å². The first kappa shape index (κ1) is 13.8. The molecule has 0 bridgehead atoms. The molecule has 0 aromatic heterocycles. The summed E-state index contributed by atoms with van der Waals surface area (Å²) < 4.78 is 40.0. The minimum atomic E-state index is -3.82. The molecule has 0 heterocycles. The topological polar surface area (TPSA) is 66.4 Å². The summed E-state index contributed by atoms with van der Waals surface area (Å²) in [6.45, 7) is 0.